The van der Waals surface area contributed by atoms with Gasteiger partial charge in [-0.15, -0.1) is 0 Å². The maximum absolute atomic E-state index is 11.0. The molecule has 0 spiro atoms. The molecule has 0 aliphatic heterocycles. The van der Waals surface area contributed by atoms with Gasteiger partial charge in [-0.05, 0) is 24.6 Å². The number of ether oxygens (including phenoxy) is 3. The Bertz CT molecular complexity index is 484. The van der Waals surface area contributed by atoms with Gasteiger partial charge in [0.05, 0.1) is 33.0 Å². The summed E-state index contributed by atoms with van der Waals surface area (Å²) in [4.78, 5) is 11.0. The van der Waals surface area contributed by atoms with Gasteiger partial charge in [-0.1, -0.05) is 18.1 Å². The molecule has 0 aliphatic rings. The number of esters is 1. The molecule has 0 amide bonds. The zero-order valence-electron chi connectivity index (χ0n) is 12.3. The number of aliphatic hydroxyl groups is 1. The Kier molecular flexibility index (Phi) is 7.95. The normalized spacial score (nSPS) is 11.2. The number of hydrogen-bond acceptors (Lipinski definition) is 5. The minimum atomic E-state index is -0.731. The SMILES string of the molecule is CCOC(=O)C#CCC(O)COCc1ccc(OC)cc1. The summed E-state index contributed by atoms with van der Waals surface area (Å²) in [5.41, 5.74) is 0.987. The molecule has 1 aromatic carbocycles. The van der Waals surface area contributed by atoms with Crippen LogP contribution >= 0.6 is 0 Å². The zero-order valence-corrected chi connectivity index (χ0v) is 12.3. The number of benzene rings is 1. The third kappa shape index (κ3) is 7.35. The summed E-state index contributed by atoms with van der Waals surface area (Å²) < 4.78 is 15.1. The number of carbonyl (C=O) groups is 1. The summed E-state index contributed by atoms with van der Waals surface area (Å²) in [6.45, 7) is 2.55. The van der Waals surface area contributed by atoms with Gasteiger partial charge in [-0.25, -0.2) is 4.79 Å². The van der Waals surface area contributed by atoms with E-state index in [9.17, 15) is 9.90 Å². The fourth-order valence-electron chi connectivity index (χ4n) is 1.50. The maximum Gasteiger partial charge on any atom is 0.384 e. The third-order valence-corrected chi connectivity index (χ3v) is 2.54. The van der Waals surface area contributed by atoms with Crippen LogP contribution in [0.1, 0.15) is 18.9 Å². The van der Waals surface area contributed by atoms with Crippen molar-refractivity contribution in [3.05, 3.63) is 29.8 Å². The van der Waals surface area contributed by atoms with E-state index in [1.54, 1.807) is 14.0 Å². The summed E-state index contributed by atoms with van der Waals surface area (Å²) in [5, 5.41) is 9.65. The highest BCUT2D eigenvalue weighted by Gasteiger charge is 2.03. The molecule has 114 valence electrons. The van der Waals surface area contributed by atoms with Crippen molar-refractivity contribution in [3.8, 4) is 17.6 Å². The molecule has 0 saturated carbocycles. The molecule has 0 bridgehead atoms. The Hall–Kier alpha value is -2.03. The van der Waals surface area contributed by atoms with E-state index in [0.717, 1.165) is 11.3 Å². The highest BCUT2D eigenvalue weighted by molar-refractivity contribution is 5.88. The van der Waals surface area contributed by atoms with Crippen molar-refractivity contribution in [2.45, 2.75) is 26.1 Å². The third-order valence-electron chi connectivity index (χ3n) is 2.54. The van der Waals surface area contributed by atoms with Crippen LogP contribution in [0.5, 0.6) is 5.75 Å². The molecule has 5 heteroatoms. The van der Waals surface area contributed by atoms with Crippen LogP contribution < -0.4 is 4.74 Å². The summed E-state index contributed by atoms with van der Waals surface area (Å²) >= 11 is 0. The second-order valence-electron chi connectivity index (χ2n) is 4.24. The van der Waals surface area contributed by atoms with Gasteiger partial charge in [0, 0.05) is 12.3 Å². The molecule has 1 N–H and O–H groups in total. The van der Waals surface area contributed by atoms with Gasteiger partial charge in [0.2, 0.25) is 0 Å². The van der Waals surface area contributed by atoms with Gasteiger partial charge in [0.25, 0.3) is 0 Å². The van der Waals surface area contributed by atoms with Gasteiger partial charge in [-0.3, -0.25) is 0 Å². The Morgan fingerprint density at radius 3 is 2.67 bits per heavy atom. The first-order valence-corrected chi connectivity index (χ1v) is 6.70. The van der Waals surface area contributed by atoms with Crippen LogP contribution in [0.3, 0.4) is 0 Å². The number of hydrogen-bond donors (Lipinski definition) is 1. The molecule has 0 radical (unpaired) electrons. The summed E-state index contributed by atoms with van der Waals surface area (Å²) in [6.07, 6.45) is -0.563. The standard InChI is InChI=1S/C16H20O5/c1-3-21-16(18)6-4-5-14(17)12-20-11-13-7-9-15(19-2)10-8-13/h7-10,14,17H,3,5,11-12H2,1-2H3. The van der Waals surface area contributed by atoms with Crippen LogP contribution in [0.25, 0.3) is 0 Å². The van der Waals surface area contributed by atoms with E-state index in [1.807, 2.05) is 24.3 Å². The Balaban J connectivity index is 2.23. The Morgan fingerprint density at radius 2 is 2.05 bits per heavy atom. The molecule has 0 heterocycles. The molecule has 1 rings (SSSR count). The van der Waals surface area contributed by atoms with Crippen molar-refractivity contribution in [1.82, 2.24) is 0 Å². The van der Waals surface area contributed by atoms with E-state index in [0.29, 0.717) is 13.2 Å². The molecule has 0 aliphatic carbocycles. The van der Waals surface area contributed by atoms with E-state index in [4.69, 9.17) is 9.47 Å². The second-order valence-corrected chi connectivity index (χ2v) is 4.24. The van der Waals surface area contributed by atoms with Crippen LogP contribution in [0.15, 0.2) is 24.3 Å². The number of carbonyl (C=O) groups excluding carboxylic acids is 1. The van der Waals surface area contributed by atoms with Crippen molar-refractivity contribution in [1.29, 1.82) is 0 Å². The van der Waals surface area contributed by atoms with E-state index in [1.165, 1.54) is 0 Å². The lowest BCUT2D eigenvalue weighted by Gasteiger charge is -2.08. The first kappa shape index (κ1) is 17.0. The monoisotopic (exact) mass is 292 g/mol. The van der Waals surface area contributed by atoms with Crippen LogP contribution in [0.4, 0.5) is 0 Å². The van der Waals surface area contributed by atoms with E-state index in [-0.39, 0.29) is 13.0 Å². The maximum atomic E-state index is 11.0. The molecule has 21 heavy (non-hydrogen) atoms. The van der Waals surface area contributed by atoms with Gasteiger partial charge in [0.1, 0.15) is 5.75 Å². The van der Waals surface area contributed by atoms with Crippen molar-refractivity contribution >= 4 is 5.97 Å². The molecule has 5 nitrogen and oxygen atoms in total. The van der Waals surface area contributed by atoms with Gasteiger partial charge >= 0.3 is 5.97 Å². The highest BCUT2D eigenvalue weighted by Crippen LogP contribution is 2.12. The predicted molar refractivity (Wildman–Crippen MR) is 77.7 cm³/mol. The van der Waals surface area contributed by atoms with Crippen molar-refractivity contribution < 1.29 is 24.1 Å². The van der Waals surface area contributed by atoms with Gasteiger partial charge < -0.3 is 19.3 Å². The minimum absolute atomic E-state index is 0.156. The van der Waals surface area contributed by atoms with Crippen molar-refractivity contribution in [2.75, 3.05) is 20.3 Å². The molecule has 0 fully saturated rings. The van der Waals surface area contributed by atoms with E-state index in [2.05, 4.69) is 16.6 Å². The number of aliphatic hydroxyl groups excluding tert-OH is 1. The average Bonchev–Trinajstić information content (AvgIpc) is 2.48. The highest BCUT2D eigenvalue weighted by atomic mass is 16.5. The van der Waals surface area contributed by atoms with Crippen LogP contribution in [0.2, 0.25) is 0 Å². The molecule has 0 aromatic heterocycles. The first-order valence-electron chi connectivity index (χ1n) is 6.70. The molecular formula is C16H20O5. The van der Waals surface area contributed by atoms with Crippen LogP contribution in [-0.2, 0) is 20.9 Å². The second kappa shape index (κ2) is 9.81. The zero-order chi connectivity index (χ0) is 15.5. The van der Waals surface area contributed by atoms with Crippen molar-refractivity contribution in [2.24, 2.45) is 0 Å². The summed E-state index contributed by atoms with van der Waals surface area (Å²) in [6, 6.07) is 7.48. The summed E-state index contributed by atoms with van der Waals surface area (Å²) in [5.74, 6) is 5.06. The largest absolute Gasteiger partial charge is 0.497 e. The predicted octanol–water partition coefficient (Wildman–Crippen LogP) is 1.53. The van der Waals surface area contributed by atoms with Gasteiger partial charge in [0.15, 0.2) is 0 Å². The van der Waals surface area contributed by atoms with Gasteiger partial charge in [-0.2, -0.15) is 0 Å². The molecule has 0 saturated heterocycles. The van der Waals surface area contributed by atoms with Crippen molar-refractivity contribution in [3.63, 3.8) is 0 Å². The van der Waals surface area contributed by atoms with E-state index < -0.39 is 12.1 Å². The lowest BCUT2D eigenvalue weighted by molar-refractivity contribution is -0.136. The molecular weight excluding hydrogens is 272 g/mol. The fraction of sp³-hybridized carbons (Fsp3) is 0.438. The number of methoxy groups -OCH3 is 1. The van der Waals surface area contributed by atoms with E-state index >= 15 is 0 Å². The Morgan fingerprint density at radius 1 is 1.33 bits per heavy atom. The smallest absolute Gasteiger partial charge is 0.384 e. The lowest BCUT2D eigenvalue weighted by atomic mass is 10.2. The fourth-order valence-corrected chi connectivity index (χ4v) is 1.50. The molecule has 1 unspecified atom stereocenters. The van der Waals surface area contributed by atoms with Crippen LogP contribution in [0, 0.1) is 11.8 Å². The molecule has 1 atom stereocenters. The average molecular weight is 292 g/mol. The Labute approximate surface area is 124 Å². The van der Waals surface area contributed by atoms with Crippen LogP contribution in [-0.4, -0.2) is 37.5 Å². The summed E-state index contributed by atoms with van der Waals surface area (Å²) in [7, 11) is 1.61. The number of rotatable bonds is 7. The molecule has 1 aromatic rings. The lowest BCUT2D eigenvalue weighted by Crippen LogP contribution is -2.14. The minimum Gasteiger partial charge on any atom is -0.497 e. The quantitative estimate of drug-likeness (QED) is 0.469. The first-order chi connectivity index (χ1) is 10.2. The topological polar surface area (TPSA) is 65.0 Å².